The molecule has 0 aromatic rings. The van der Waals surface area contributed by atoms with Crippen LogP contribution in [-0.4, -0.2) is 21.6 Å². The first-order valence-corrected chi connectivity index (χ1v) is 12.7. The van der Waals surface area contributed by atoms with Gasteiger partial charge in [-0.05, 0) is 81.9 Å². The number of rotatable bonds is 2. The maximum Gasteiger partial charge on any atom is 0.00907 e. The topological polar surface area (TPSA) is 0 Å². The molecule has 0 saturated carbocycles. The van der Waals surface area contributed by atoms with Crippen LogP contribution in [0.4, 0.5) is 0 Å². The fourth-order valence-electron chi connectivity index (χ4n) is 7.08. The minimum Gasteiger partial charge on any atom is -0.108 e. The van der Waals surface area contributed by atoms with E-state index in [0.29, 0.717) is 0 Å². The molecule has 4 heterocycles. The fraction of sp³-hybridized carbons (Fsp3) is 0.905. The van der Waals surface area contributed by atoms with Gasteiger partial charge in [-0.1, -0.05) is 36.8 Å². The van der Waals surface area contributed by atoms with Gasteiger partial charge in [0.1, 0.15) is 0 Å². The van der Waals surface area contributed by atoms with Crippen LogP contribution in [-0.2, 0) is 0 Å². The van der Waals surface area contributed by atoms with Crippen LogP contribution >= 0.6 is 17.2 Å². The van der Waals surface area contributed by atoms with Crippen LogP contribution < -0.4 is 0 Å². The highest BCUT2D eigenvalue weighted by Crippen LogP contribution is 2.65. The summed E-state index contributed by atoms with van der Waals surface area (Å²) in [5.74, 6) is 0. The molecule has 4 bridgehead atoms. The Morgan fingerprint density at radius 1 is 0.565 bits per heavy atom. The lowest BCUT2D eigenvalue weighted by Crippen LogP contribution is -2.40. The Hall–Kier alpha value is 0.600. The molecular formula is C21H34P2. The van der Waals surface area contributed by atoms with Crippen LogP contribution in [0.2, 0.25) is 0 Å². The quantitative estimate of drug-likeness (QED) is 0.381. The Balaban J connectivity index is 1.53. The molecule has 2 atom stereocenters. The van der Waals surface area contributed by atoms with E-state index in [1.54, 1.807) is 77.0 Å². The molecule has 4 aliphatic heterocycles. The Labute approximate surface area is 146 Å². The van der Waals surface area contributed by atoms with Crippen LogP contribution in [0, 0.1) is 0 Å². The lowest BCUT2D eigenvalue weighted by atomic mass is 9.76. The lowest BCUT2D eigenvalue weighted by molar-refractivity contribution is 0.393. The van der Waals surface area contributed by atoms with E-state index < -0.39 is 0 Å². The maximum absolute atomic E-state index is 2.09. The van der Waals surface area contributed by atoms with Crippen LogP contribution in [0.5, 0.6) is 0 Å². The molecule has 1 aliphatic carbocycles. The summed E-state index contributed by atoms with van der Waals surface area (Å²) in [4.78, 5) is 0. The second-order valence-corrected chi connectivity index (χ2v) is 13.4. The van der Waals surface area contributed by atoms with Gasteiger partial charge >= 0.3 is 0 Å². The molecule has 0 radical (unpaired) electrons. The van der Waals surface area contributed by atoms with Gasteiger partial charge in [-0.2, -0.15) is 0 Å². The zero-order valence-corrected chi connectivity index (χ0v) is 16.8. The molecule has 0 aromatic heterocycles. The second-order valence-electron chi connectivity index (χ2n) is 9.23. The van der Waals surface area contributed by atoms with E-state index in [1.807, 2.05) is 0 Å². The van der Waals surface area contributed by atoms with E-state index in [9.17, 15) is 0 Å². The van der Waals surface area contributed by atoms with Crippen molar-refractivity contribution in [1.29, 1.82) is 0 Å². The van der Waals surface area contributed by atoms with E-state index in [-0.39, 0.29) is 0 Å². The van der Waals surface area contributed by atoms with Crippen molar-refractivity contribution in [3.05, 3.63) is 11.1 Å². The van der Waals surface area contributed by atoms with Crippen LogP contribution in [0.3, 0.4) is 0 Å². The molecule has 0 aromatic carbocycles. The molecule has 23 heavy (non-hydrogen) atoms. The summed E-state index contributed by atoms with van der Waals surface area (Å²) in [6, 6.07) is 0. The third kappa shape index (κ3) is 2.61. The Morgan fingerprint density at radius 2 is 0.957 bits per heavy atom. The highest BCUT2D eigenvalue weighted by atomic mass is 31.1. The van der Waals surface area contributed by atoms with Gasteiger partial charge in [0.25, 0.3) is 0 Å². The van der Waals surface area contributed by atoms with Crippen molar-refractivity contribution in [2.24, 2.45) is 0 Å². The van der Waals surface area contributed by atoms with Crippen molar-refractivity contribution in [3.8, 4) is 0 Å². The fourth-order valence-corrected chi connectivity index (χ4v) is 12.2. The van der Waals surface area contributed by atoms with Crippen molar-refractivity contribution in [2.75, 3.05) is 0 Å². The van der Waals surface area contributed by atoms with Crippen molar-refractivity contribution >= 4 is 17.2 Å². The largest absolute Gasteiger partial charge is 0.108 e. The maximum atomic E-state index is 2.09. The van der Waals surface area contributed by atoms with Crippen molar-refractivity contribution in [1.82, 2.24) is 0 Å². The molecule has 4 fully saturated rings. The number of hydrogen-bond donors (Lipinski definition) is 0. The van der Waals surface area contributed by atoms with Gasteiger partial charge < -0.3 is 0 Å². The molecule has 2 heteroatoms. The van der Waals surface area contributed by atoms with Gasteiger partial charge in [0.05, 0.1) is 0 Å². The van der Waals surface area contributed by atoms with Gasteiger partial charge in [-0.3, -0.25) is 0 Å². The highest BCUT2D eigenvalue weighted by molar-refractivity contribution is 7.42. The zero-order valence-electron chi connectivity index (χ0n) is 14.8. The second kappa shape index (κ2) is 6.09. The Morgan fingerprint density at radius 3 is 1.35 bits per heavy atom. The van der Waals surface area contributed by atoms with Crippen molar-refractivity contribution in [2.45, 2.75) is 118 Å². The van der Waals surface area contributed by atoms with Crippen molar-refractivity contribution < 1.29 is 0 Å². The molecule has 2 unspecified atom stereocenters. The van der Waals surface area contributed by atoms with E-state index in [1.165, 1.54) is 36.4 Å². The molecule has 4 saturated heterocycles. The average Bonchev–Trinajstić information content (AvgIpc) is 3.06. The summed E-state index contributed by atoms with van der Waals surface area (Å²) in [6.45, 7) is 0. The number of allylic oxidation sites excluding steroid dienone is 2. The normalized spacial score (nSPS) is 49.0. The third-order valence-corrected chi connectivity index (χ3v) is 12.6. The lowest BCUT2D eigenvalue weighted by Gasteiger charge is -2.51. The third-order valence-electron chi connectivity index (χ3n) is 7.96. The Kier molecular flexibility index (Phi) is 4.19. The van der Waals surface area contributed by atoms with E-state index in [4.69, 9.17) is 0 Å². The van der Waals surface area contributed by atoms with Gasteiger partial charge in [0.15, 0.2) is 0 Å². The first kappa shape index (κ1) is 15.8. The monoisotopic (exact) mass is 348 g/mol. The van der Waals surface area contributed by atoms with E-state index >= 15 is 0 Å². The molecular weight excluding hydrogens is 314 g/mol. The summed E-state index contributed by atoms with van der Waals surface area (Å²) in [7, 11) is 2.61. The van der Waals surface area contributed by atoms with Crippen LogP contribution in [0.15, 0.2) is 11.1 Å². The molecule has 0 spiro atoms. The van der Waals surface area contributed by atoms with E-state index in [0.717, 1.165) is 21.6 Å². The standard InChI is InChI=1S/C21H34P2/c1-10-18(20-12-2-6-16(22-20)7-3-13-20)19(11-1)21-14-4-8-17(23-21)9-5-15-21/h16-17,22-23H,1-15H2. The minimum absolute atomic E-state index is 0.733. The van der Waals surface area contributed by atoms with Crippen molar-refractivity contribution in [3.63, 3.8) is 0 Å². The van der Waals surface area contributed by atoms with Gasteiger partial charge in [0, 0.05) is 10.3 Å². The predicted octanol–water partition coefficient (Wildman–Crippen LogP) is 6.77. The van der Waals surface area contributed by atoms with E-state index in [2.05, 4.69) is 11.1 Å². The minimum atomic E-state index is 0.733. The molecule has 5 aliphatic rings. The zero-order chi connectivity index (χ0) is 15.3. The SMILES string of the molecule is C1CC(C23CCCC(CCC2)P3)=C(C23CCCC(CCC2)P3)C1. The molecule has 128 valence electrons. The Bertz CT molecular complexity index is 442. The summed E-state index contributed by atoms with van der Waals surface area (Å²) in [5, 5.41) is 1.47. The first-order valence-electron chi connectivity index (χ1n) is 10.6. The van der Waals surface area contributed by atoms with Crippen LogP contribution in [0.25, 0.3) is 0 Å². The highest BCUT2D eigenvalue weighted by Gasteiger charge is 2.49. The number of hydrogen-bond acceptors (Lipinski definition) is 0. The molecule has 0 amide bonds. The average molecular weight is 348 g/mol. The summed E-state index contributed by atoms with van der Waals surface area (Å²) < 4.78 is 0. The van der Waals surface area contributed by atoms with Crippen LogP contribution in [0.1, 0.15) is 96.3 Å². The summed E-state index contributed by atoms with van der Waals surface area (Å²) in [6.07, 6.45) is 23.3. The first-order chi connectivity index (χ1) is 11.3. The molecule has 0 nitrogen and oxygen atoms in total. The predicted molar refractivity (Wildman–Crippen MR) is 106 cm³/mol. The van der Waals surface area contributed by atoms with Gasteiger partial charge in [0.2, 0.25) is 0 Å². The van der Waals surface area contributed by atoms with Gasteiger partial charge in [-0.25, -0.2) is 0 Å². The molecule has 0 N–H and O–H groups in total. The number of fused-ring (bicyclic) bond motifs is 4. The summed E-state index contributed by atoms with van der Waals surface area (Å²) >= 11 is 0. The molecule has 5 rings (SSSR count). The smallest absolute Gasteiger partial charge is 0.00907 e. The van der Waals surface area contributed by atoms with Gasteiger partial charge in [-0.15, -0.1) is 17.2 Å². The summed E-state index contributed by atoms with van der Waals surface area (Å²) in [5.41, 5.74) is 6.43.